The highest BCUT2D eigenvalue weighted by Gasteiger charge is 2.33. The van der Waals surface area contributed by atoms with Crippen molar-refractivity contribution in [3.63, 3.8) is 0 Å². The number of aryl methyl sites for hydroxylation is 1. The summed E-state index contributed by atoms with van der Waals surface area (Å²) in [6, 6.07) is 8.33. The molecule has 0 spiro atoms. The van der Waals surface area contributed by atoms with E-state index in [9.17, 15) is 4.79 Å². The highest BCUT2D eigenvalue weighted by Crippen LogP contribution is 2.34. The third-order valence-corrected chi connectivity index (χ3v) is 5.27. The molecule has 8 nitrogen and oxygen atoms in total. The molecular weight excluding hydrogens is 354 g/mol. The van der Waals surface area contributed by atoms with Gasteiger partial charge in [0, 0.05) is 26.1 Å². The number of carbonyl (C=O) groups excluding carboxylic acids is 1. The van der Waals surface area contributed by atoms with Crippen LogP contribution in [0, 0.1) is 5.92 Å². The van der Waals surface area contributed by atoms with Crippen LogP contribution in [-0.4, -0.2) is 47.1 Å². The molecule has 1 atom stereocenters. The molecular formula is C20H27N7O. The van der Waals surface area contributed by atoms with Gasteiger partial charge in [-0.3, -0.25) is 4.79 Å². The van der Waals surface area contributed by atoms with E-state index in [0.717, 1.165) is 49.2 Å². The van der Waals surface area contributed by atoms with Crippen molar-refractivity contribution in [3.05, 3.63) is 36.4 Å². The van der Waals surface area contributed by atoms with Gasteiger partial charge in [-0.15, -0.1) is 5.10 Å². The molecule has 8 heteroatoms. The van der Waals surface area contributed by atoms with Gasteiger partial charge in [-0.25, -0.2) is 9.67 Å². The second-order valence-electron chi connectivity index (χ2n) is 7.88. The first-order valence-corrected chi connectivity index (χ1v) is 10.1. The van der Waals surface area contributed by atoms with E-state index in [1.807, 2.05) is 11.0 Å². The molecule has 148 valence electrons. The van der Waals surface area contributed by atoms with Gasteiger partial charge >= 0.3 is 0 Å². The van der Waals surface area contributed by atoms with E-state index < -0.39 is 0 Å². The lowest BCUT2D eigenvalue weighted by atomic mass is 10.1. The standard InChI is InChI=1S/C20H27N7O/c1-15(2)13-27-17-8-4-3-7-16(17)22-20(27)18-9-5-12-26(18)19(28)10-6-11-25-14-21-23-24-25/h3-4,7-8,14-15,18H,5-6,9-13H2,1-2H3/t18-/m0/s1. The van der Waals surface area contributed by atoms with E-state index in [1.54, 1.807) is 11.0 Å². The number of tetrazole rings is 1. The number of benzene rings is 1. The third kappa shape index (κ3) is 3.76. The van der Waals surface area contributed by atoms with Crippen molar-refractivity contribution in [1.29, 1.82) is 0 Å². The first-order valence-electron chi connectivity index (χ1n) is 10.1. The van der Waals surface area contributed by atoms with Gasteiger partial charge in [0.05, 0.1) is 17.1 Å². The zero-order valence-corrected chi connectivity index (χ0v) is 16.5. The summed E-state index contributed by atoms with van der Waals surface area (Å²) in [6.07, 6.45) is 4.81. The third-order valence-electron chi connectivity index (χ3n) is 5.27. The summed E-state index contributed by atoms with van der Waals surface area (Å²) >= 11 is 0. The summed E-state index contributed by atoms with van der Waals surface area (Å²) in [5, 5.41) is 11.1. The Labute approximate surface area is 164 Å². The number of likely N-dealkylation sites (tertiary alicyclic amines) is 1. The number of amides is 1. The number of imidazole rings is 1. The van der Waals surface area contributed by atoms with E-state index in [2.05, 4.69) is 52.1 Å². The maximum absolute atomic E-state index is 12.9. The van der Waals surface area contributed by atoms with Crippen LogP contribution in [0.1, 0.15) is 51.4 Å². The number of carbonyl (C=O) groups is 1. The second-order valence-corrected chi connectivity index (χ2v) is 7.88. The van der Waals surface area contributed by atoms with Gasteiger partial charge in [-0.2, -0.15) is 0 Å². The average Bonchev–Trinajstić information content (AvgIpc) is 3.41. The normalized spacial score (nSPS) is 17.1. The fraction of sp³-hybridized carbons (Fsp3) is 0.550. The van der Waals surface area contributed by atoms with Gasteiger partial charge in [-0.05, 0) is 47.7 Å². The lowest BCUT2D eigenvalue weighted by Gasteiger charge is -2.25. The van der Waals surface area contributed by atoms with E-state index in [1.165, 1.54) is 0 Å². The highest BCUT2D eigenvalue weighted by atomic mass is 16.2. The summed E-state index contributed by atoms with van der Waals surface area (Å²) in [5.74, 6) is 1.73. The van der Waals surface area contributed by atoms with Crippen LogP contribution in [0.4, 0.5) is 0 Å². The molecule has 1 amide bonds. The van der Waals surface area contributed by atoms with E-state index >= 15 is 0 Å². The first kappa shape index (κ1) is 18.6. The fourth-order valence-corrected chi connectivity index (χ4v) is 4.06. The first-order chi connectivity index (χ1) is 13.6. The number of rotatable bonds is 7. The Morgan fingerprint density at radius 3 is 2.93 bits per heavy atom. The topological polar surface area (TPSA) is 81.7 Å². The van der Waals surface area contributed by atoms with Crippen molar-refractivity contribution in [2.75, 3.05) is 6.54 Å². The lowest BCUT2D eigenvalue weighted by molar-refractivity contribution is -0.132. The van der Waals surface area contributed by atoms with Gasteiger partial charge in [0.15, 0.2) is 0 Å². The summed E-state index contributed by atoms with van der Waals surface area (Å²) in [5.41, 5.74) is 2.17. The Kier molecular flexibility index (Phi) is 5.36. The van der Waals surface area contributed by atoms with Crippen LogP contribution in [0.25, 0.3) is 11.0 Å². The van der Waals surface area contributed by atoms with Gasteiger partial charge in [0.1, 0.15) is 12.2 Å². The molecule has 1 aliphatic heterocycles. The number of nitrogens with zero attached hydrogens (tertiary/aromatic N) is 7. The quantitative estimate of drug-likeness (QED) is 0.628. The monoisotopic (exact) mass is 381 g/mol. The summed E-state index contributed by atoms with van der Waals surface area (Å²) in [6.45, 7) is 6.81. The summed E-state index contributed by atoms with van der Waals surface area (Å²) in [7, 11) is 0. The van der Waals surface area contributed by atoms with E-state index in [-0.39, 0.29) is 11.9 Å². The smallest absolute Gasteiger partial charge is 0.223 e. The molecule has 0 saturated carbocycles. The molecule has 3 aromatic rings. The van der Waals surface area contributed by atoms with Crippen molar-refractivity contribution in [2.24, 2.45) is 5.92 Å². The van der Waals surface area contributed by atoms with Gasteiger partial charge in [0.25, 0.3) is 0 Å². The van der Waals surface area contributed by atoms with Crippen molar-refractivity contribution in [3.8, 4) is 0 Å². The number of aromatic nitrogens is 6. The van der Waals surface area contributed by atoms with Gasteiger partial charge < -0.3 is 9.47 Å². The largest absolute Gasteiger partial charge is 0.333 e. The van der Waals surface area contributed by atoms with E-state index in [0.29, 0.717) is 18.9 Å². The molecule has 3 heterocycles. The van der Waals surface area contributed by atoms with Crippen LogP contribution in [0.5, 0.6) is 0 Å². The molecule has 0 radical (unpaired) electrons. The van der Waals surface area contributed by atoms with Crippen molar-refractivity contribution in [1.82, 2.24) is 34.7 Å². The molecule has 0 aliphatic carbocycles. The molecule has 2 aromatic heterocycles. The molecule has 0 N–H and O–H groups in total. The van der Waals surface area contributed by atoms with Crippen LogP contribution in [0.2, 0.25) is 0 Å². The molecule has 1 aromatic carbocycles. The minimum Gasteiger partial charge on any atom is -0.333 e. The highest BCUT2D eigenvalue weighted by molar-refractivity contribution is 5.78. The molecule has 1 saturated heterocycles. The van der Waals surface area contributed by atoms with Crippen molar-refractivity contribution in [2.45, 2.75) is 58.7 Å². The number of hydrogen-bond acceptors (Lipinski definition) is 5. The van der Waals surface area contributed by atoms with Crippen molar-refractivity contribution >= 4 is 16.9 Å². The lowest BCUT2D eigenvalue weighted by Crippen LogP contribution is -2.32. The van der Waals surface area contributed by atoms with Crippen molar-refractivity contribution < 1.29 is 4.79 Å². The zero-order valence-electron chi connectivity index (χ0n) is 16.5. The second kappa shape index (κ2) is 8.08. The SMILES string of the molecule is CC(C)Cn1c([C@@H]2CCCN2C(=O)CCCn2cnnn2)nc2ccccc21. The molecule has 1 aliphatic rings. The Bertz CT molecular complexity index is 931. The minimum absolute atomic E-state index is 0.0617. The van der Waals surface area contributed by atoms with Crippen LogP contribution in [-0.2, 0) is 17.9 Å². The summed E-state index contributed by atoms with van der Waals surface area (Å²) in [4.78, 5) is 19.9. The minimum atomic E-state index is 0.0617. The Morgan fingerprint density at radius 1 is 1.29 bits per heavy atom. The average molecular weight is 381 g/mol. The predicted molar refractivity (Wildman–Crippen MR) is 105 cm³/mol. The summed E-state index contributed by atoms with van der Waals surface area (Å²) < 4.78 is 3.98. The van der Waals surface area contributed by atoms with Crippen LogP contribution in [0.15, 0.2) is 30.6 Å². The number of hydrogen-bond donors (Lipinski definition) is 0. The molecule has 0 bridgehead atoms. The molecule has 4 rings (SSSR count). The fourth-order valence-electron chi connectivity index (χ4n) is 4.06. The van der Waals surface area contributed by atoms with Crippen LogP contribution >= 0.6 is 0 Å². The van der Waals surface area contributed by atoms with E-state index in [4.69, 9.17) is 4.98 Å². The Hall–Kier alpha value is -2.77. The zero-order chi connectivity index (χ0) is 19.5. The van der Waals surface area contributed by atoms with Gasteiger partial charge in [-0.1, -0.05) is 26.0 Å². The Balaban J connectivity index is 1.53. The maximum Gasteiger partial charge on any atom is 0.223 e. The Morgan fingerprint density at radius 2 is 2.14 bits per heavy atom. The van der Waals surface area contributed by atoms with Crippen LogP contribution in [0.3, 0.4) is 0 Å². The molecule has 0 unspecified atom stereocenters. The van der Waals surface area contributed by atoms with Crippen LogP contribution < -0.4 is 0 Å². The maximum atomic E-state index is 12.9. The number of fused-ring (bicyclic) bond motifs is 1. The van der Waals surface area contributed by atoms with Gasteiger partial charge in [0.2, 0.25) is 5.91 Å². The number of para-hydroxylation sites is 2. The molecule has 28 heavy (non-hydrogen) atoms. The molecule has 1 fully saturated rings. The predicted octanol–water partition coefficient (Wildman–Crippen LogP) is 2.82.